The van der Waals surface area contributed by atoms with Crippen molar-refractivity contribution < 1.29 is 0 Å². The number of fused-ring (bicyclic) bond motifs is 1. The number of rotatable bonds is 3. The van der Waals surface area contributed by atoms with E-state index in [9.17, 15) is 4.79 Å². The van der Waals surface area contributed by atoms with Gasteiger partial charge in [-0.2, -0.15) is 5.10 Å². The molecule has 0 unspecified atom stereocenters. The fraction of sp³-hybridized carbons (Fsp3) is 0.385. The quantitative estimate of drug-likeness (QED) is 0.739. The second kappa shape index (κ2) is 4.82. The van der Waals surface area contributed by atoms with Gasteiger partial charge in [0.15, 0.2) is 0 Å². The van der Waals surface area contributed by atoms with Crippen LogP contribution in [0.15, 0.2) is 22.8 Å². The molecular weight excluding hydrogens is 274 g/mol. The smallest absolute Gasteiger partial charge is 0.271 e. The van der Waals surface area contributed by atoms with E-state index in [1.807, 2.05) is 26.2 Å². The van der Waals surface area contributed by atoms with E-state index in [1.54, 1.807) is 15.6 Å². The van der Waals surface area contributed by atoms with Crippen molar-refractivity contribution in [3.05, 3.63) is 39.8 Å². The molecule has 0 aliphatic heterocycles. The van der Waals surface area contributed by atoms with Crippen LogP contribution in [0.1, 0.15) is 31.3 Å². The third kappa shape index (κ3) is 1.85. The van der Waals surface area contributed by atoms with Gasteiger partial charge in [-0.1, -0.05) is 0 Å². The van der Waals surface area contributed by atoms with Gasteiger partial charge in [-0.3, -0.25) is 9.36 Å². The summed E-state index contributed by atoms with van der Waals surface area (Å²) in [6.45, 7) is 6.62. The van der Waals surface area contributed by atoms with Crippen LogP contribution in [0.2, 0.25) is 0 Å². The summed E-state index contributed by atoms with van der Waals surface area (Å²) in [5.74, 6) is 0.768. The normalized spacial score (nSPS) is 12.9. The van der Waals surface area contributed by atoms with Crippen LogP contribution in [0.5, 0.6) is 0 Å². The Morgan fingerprint density at radius 2 is 2.20 bits per heavy atom. The summed E-state index contributed by atoms with van der Waals surface area (Å²) in [6.07, 6.45) is 3.12. The maximum atomic E-state index is 12.6. The Kier molecular flexibility index (Phi) is 3.13. The van der Waals surface area contributed by atoms with Crippen molar-refractivity contribution in [1.82, 2.24) is 24.3 Å². The molecule has 0 fully saturated rings. The highest BCUT2D eigenvalue weighted by atomic mass is 32.1. The zero-order valence-corrected chi connectivity index (χ0v) is 12.4. The van der Waals surface area contributed by atoms with E-state index in [-0.39, 0.29) is 11.6 Å². The Morgan fingerprint density at radius 1 is 1.40 bits per heavy atom. The predicted molar refractivity (Wildman–Crippen MR) is 78.1 cm³/mol. The largest absolute Gasteiger partial charge is 0.287 e. The predicted octanol–water partition coefficient (Wildman–Crippen LogP) is 1.99. The van der Waals surface area contributed by atoms with Crippen molar-refractivity contribution in [2.75, 3.05) is 0 Å². The lowest BCUT2D eigenvalue weighted by Crippen LogP contribution is -2.26. The maximum Gasteiger partial charge on any atom is 0.271 e. The third-order valence-electron chi connectivity index (χ3n) is 3.42. The van der Waals surface area contributed by atoms with Crippen LogP contribution < -0.4 is 5.56 Å². The van der Waals surface area contributed by atoms with Crippen molar-refractivity contribution in [2.45, 2.75) is 33.4 Å². The Hall–Kier alpha value is -2.02. The van der Waals surface area contributed by atoms with Crippen LogP contribution in [0.4, 0.5) is 0 Å². The highest BCUT2D eigenvalue weighted by Crippen LogP contribution is 2.21. The van der Waals surface area contributed by atoms with Gasteiger partial charge in [0, 0.05) is 6.54 Å². The Morgan fingerprint density at radius 3 is 2.95 bits per heavy atom. The first-order valence-corrected chi connectivity index (χ1v) is 7.34. The molecule has 104 valence electrons. The Bertz CT molecular complexity index is 816. The first kappa shape index (κ1) is 13.0. The van der Waals surface area contributed by atoms with E-state index in [0.29, 0.717) is 4.70 Å². The van der Waals surface area contributed by atoms with Crippen LogP contribution in [-0.4, -0.2) is 24.3 Å². The molecule has 0 radical (unpaired) electrons. The van der Waals surface area contributed by atoms with E-state index in [1.165, 1.54) is 17.7 Å². The number of aryl methyl sites for hydroxylation is 2. The fourth-order valence-corrected chi connectivity index (χ4v) is 3.22. The van der Waals surface area contributed by atoms with Gasteiger partial charge in [0.1, 0.15) is 16.9 Å². The monoisotopic (exact) mass is 289 g/mol. The van der Waals surface area contributed by atoms with Gasteiger partial charge in [0.25, 0.3) is 5.56 Å². The van der Waals surface area contributed by atoms with Crippen molar-refractivity contribution in [3.8, 4) is 0 Å². The van der Waals surface area contributed by atoms with E-state index < -0.39 is 0 Å². The lowest BCUT2D eigenvalue weighted by atomic mass is 10.3. The van der Waals surface area contributed by atoms with Gasteiger partial charge >= 0.3 is 0 Å². The Labute approximate surface area is 119 Å². The average molecular weight is 289 g/mol. The molecule has 0 saturated heterocycles. The molecule has 1 atom stereocenters. The minimum absolute atomic E-state index is 0.0220. The minimum Gasteiger partial charge on any atom is -0.287 e. The van der Waals surface area contributed by atoms with E-state index in [0.717, 1.165) is 23.4 Å². The first-order chi connectivity index (χ1) is 9.63. The van der Waals surface area contributed by atoms with Gasteiger partial charge < -0.3 is 0 Å². The summed E-state index contributed by atoms with van der Waals surface area (Å²) < 4.78 is 4.11. The van der Waals surface area contributed by atoms with Crippen LogP contribution in [0, 0.1) is 6.92 Å². The number of thiophene rings is 1. The molecule has 0 saturated carbocycles. The summed E-state index contributed by atoms with van der Waals surface area (Å²) in [6, 6.07) is -0.191. The maximum absolute atomic E-state index is 12.6. The SMILES string of the molecule is CCn1ncnc1[C@@H](C)n1cnc2c(C)csc2c1=O. The molecule has 7 heteroatoms. The van der Waals surface area contributed by atoms with Crippen LogP contribution in [0.25, 0.3) is 10.2 Å². The molecule has 3 aromatic rings. The zero-order chi connectivity index (χ0) is 14.3. The molecule has 0 amide bonds. The van der Waals surface area contributed by atoms with Gasteiger partial charge in [-0.05, 0) is 31.7 Å². The molecule has 0 aromatic carbocycles. The number of nitrogens with zero attached hydrogens (tertiary/aromatic N) is 5. The van der Waals surface area contributed by atoms with Crippen LogP contribution in [0.3, 0.4) is 0 Å². The van der Waals surface area contributed by atoms with Crippen molar-refractivity contribution >= 4 is 21.6 Å². The summed E-state index contributed by atoms with van der Waals surface area (Å²) in [7, 11) is 0. The summed E-state index contributed by atoms with van der Waals surface area (Å²) in [4.78, 5) is 21.2. The molecule has 0 bridgehead atoms. The van der Waals surface area contributed by atoms with E-state index >= 15 is 0 Å². The van der Waals surface area contributed by atoms with Crippen LogP contribution >= 0.6 is 11.3 Å². The molecular formula is C13H15N5OS. The van der Waals surface area contributed by atoms with Crippen LogP contribution in [-0.2, 0) is 6.54 Å². The van der Waals surface area contributed by atoms with E-state index in [4.69, 9.17) is 0 Å². The average Bonchev–Trinajstić information content (AvgIpc) is 3.06. The van der Waals surface area contributed by atoms with Gasteiger partial charge in [-0.25, -0.2) is 14.6 Å². The number of aromatic nitrogens is 5. The highest BCUT2D eigenvalue weighted by molar-refractivity contribution is 7.17. The molecule has 0 spiro atoms. The lowest BCUT2D eigenvalue weighted by molar-refractivity contribution is 0.514. The second-order valence-corrected chi connectivity index (χ2v) is 5.54. The van der Waals surface area contributed by atoms with E-state index in [2.05, 4.69) is 15.1 Å². The lowest BCUT2D eigenvalue weighted by Gasteiger charge is -2.14. The molecule has 3 aromatic heterocycles. The topological polar surface area (TPSA) is 65.6 Å². The molecule has 0 aliphatic carbocycles. The summed E-state index contributed by atoms with van der Waals surface area (Å²) in [5.41, 5.74) is 1.81. The van der Waals surface area contributed by atoms with Crippen molar-refractivity contribution in [1.29, 1.82) is 0 Å². The molecule has 0 aliphatic rings. The summed E-state index contributed by atoms with van der Waals surface area (Å²) >= 11 is 1.44. The standard InChI is InChI=1S/C13H15N5OS/c1-4-18-12(14-6-16-18)9(3)17-7-15-10-8(2)5-20-11(10)13(17)19/h5-7,9H,4H2,1-3H3/t9-/m1/s1. The molecule has 3 heterocycles. The fourth-order valence-electron chi connectivity index (χ4n) is 2.28. The summed E-state index contributed by atoms with van der Waals surface area (Å²) in [5, 5.41) is 6.11. The molecule has 3 rings (SSSR count). The van der Waals surface area contributed by atoms with Crippen molar-refractivity contribution in [2.24, 2.45) is 0 Å². The molecule has 6 nitrogen and oxygen atoms in total. The minimum atomic E-state index is -0.191. The third-order valence-corrected chi connectivity index (χ3v) is 4.49. The number of hydrogen-bond donors (Lipinski definition) is 0. The van der Waals surface area contributed by atoms with Gasteiger partial charge in [0.05, 0.1) is 17.9 Å². The first-order valence-electron chi connectivity index (χ1n) is 6.46. The Balaban J connectivity index is 2.15. The van der Waals surface area contributed by atoms with Gasteiger partial charge in [-0.15, -0.1) is 11.3 Å². The second-order valence-electron chi connectivity index (χ2n) is 4.66. The van der Waals surface area contributed by atoms with Gasteiger partial charge in [0.2, 0.25) is 0 Å². The number of hydrogen-bond acceptors (Lipinski definition) is 5. The molecule has 0 N–H and O–H groups in total. The zero-order valence-electron chi connectivity index (χ0n) is 11.6. The highest BCUT2D eigenvalue weighted by Gasteiger charge is 2.18. The van der Waals surface area contributed by atoms with Crippen molar-refractivity contribution in [3.63, 3.8) is 0 Å². The molecule has 20 heavy (non-hydrogen) atoms.